The highest BCUT2D eigenvalue weighted by molar-refractivity contribution is 5.98. The summed E-state index contributed by atoms with van der Waals surface area (Å²) in [5, 5.41) is 3.43. The fourth-order valence-electron chi connectivity index (χ4n) is 3.17. The maximum Gasteiger partial charge on any atom is 0.317 e. The zero-order valence-corrected chi connectivity index (χ0v) is 14.5. The number of aryl methyl sites for hydroxylation is 1. The molecule has 4 rings (SSSR count). The van der Waals surface area contributed by atoms with E-state index in [2.05, 4.69) is 10.3 Å². The van der Waals surface area contributed by atoms with E-state index in [9.17, 15) is 4.79 Å². The summed E-state index contributed by atoms with van der Waals surface area (Å²) >= 11 is 0. The van der Waals surface area contributed by atoms with Crippen LogP contribution in [0.1, 0.15) is 5.69 Å². The Hall–Kier alpha value is -2.97. The second-order valence-electron chi connectivity index (χ2n) is 6.33. The zero-order valence-electron chi connectivity index (χ0n) is 14.5. The van der Waals surface area contributed by atoms with E-state index in [1.807, 2.05) is 36.0 Å². The zero-order chi connectivity index (χ0) is 18.3. The van der Waals surface area contributed by atoms with Crippen LogP contribution in [0.25, 0.3) is 22.2 Å². The molecule has 3 N–H and O–H groups in total. The van der Waals surface area contributed by atoms with Crippen LogP contribution in [0, 0.1) is 0 Å². The number of anilines is 1. The summed E-state index contributed by atoms with van der Waals surface area (Å²) in [5.41, 5.74) is 8.22. The Morgan fingerprint density at radius 3 is 2.88 bits per heavy atom. The molecule has 1 saturated heterocycles. The summed E-state index contributed by atoms with van der Waals surface area (Å²) in [6, 6.07) is 6.99. The third-order valence-electron chi connectivity index (χ3n) is 4.68. The standard InChI is InChI=1S/C18H19N5O3/c1-23-8-12(11-6-16(22-17(19)24)20-7-14(11)23)13-4-3-5-15(21-13)18(25-2)9-26-10-18/h3-8H,9-10H2,1-2H3,(H3,19,20,22,24). The van der Waals surface area contributed by atoms with Gasteiger partial charge < -0.3 is 19.8 Å². The summed E-state index contributed by atoms with van der Waals surface area (Å²) in [5.74, 6) is 0.398. The van der Waals surface area contributed by atoms with Crippen molar-refractivity contribution >= 4 is 22.8 Å². The second-order valence-corrected chi connectivity index (χ2v) is 6.33. The van der Waals surface area contributed by atoms with Crippen LogP contribution < -0.4 is 11.1 Å². The maximum absolute atomic E-state index is 11.1. The molecule has 0 atom stereocenters. The molecule has 134 valence electrons. The van der Waals surface area contributed by atoms with Gasteiger partial charge in [0.15, 0.2) is 5.60 Å². The van der Waals surface area contributed by atoms with Gasteiger partial charge in [-0.3, -0.25) is 5.32 Å². The SMILES string of the molecule is COC1(c2cccc(-c3cn(C)c4cnc(NC(N)=O)cc34)n2)COC1. The van der Waals surface area contributed by atoms with E-state index in [0.29, 0.717) is 19.0 Å². The van der Waals surface area contributed by atoms with Crippen LogP contribution >= 0.6 is 0 Å². The van der Waals surface area contributed by atoms with Gasteiger partial charge in [-0.15, -0.1) is 0 Å². The van der Waals surface area contributed by atoms with Crippen molar-refractivity contribution in [2.75, 3.05) is 25.6 Å². The van der Waals surface area contributed by atoms with Crippen molar-refractivity contribution in [2.45, 2.75) is 5.60 Å². The van der Waals surface area contributed by atoms with Gasteiger partial charge in [0.1, 0.15) is 5.82 Å². The van der Waals surface area contributed by atoms with E-state index >= 15 is 0 Å². The number of carbonyl (C=O) groups is 1. The van der Waals surface area contributed by atoms with Crippen molar-refractivity contribution in [3.63, 3.8) is 0 Å². The number of methoxy groups -OCH3 is 1. The third-order valence-corrected chi connectivity index (χ3v) is 4.68. The average molecular weight is 353 g/mol. The highest BCUT2D eigenvalue weighted by Crippen LogP contribution is 2.35. The average Bonchev–Trinajstić information content (AvgIpc) is 2.91. The van der Waals surface area contributed by atoms with E-state index in [1.54, 1.807) is 19.4 Å². The molecule has 3 aromatic rings. The topological polar surface area (TPSA) is 104 Å². The van der Waals surface area contributed by atoms with Gasteiger partial charge in [-0.1, -0.05) is 6.07 Å². The molecule has 1 aliphatic heterocycles. The van der Waals surface area contributed by atoms with Crippen molar-refractivity contribution in [3.05, 3.63) is 42.4 Å². The number of carbonyl (C=O) groups excluding carboxylic acids is 1. The maximum atomic E-state index is 11.1. The van der Waals surface area contributed by atoms with Gasteiger partial charge in [0.25, 0.3) is 0 Å². The van der Waals surface area contributed by atoms with Crippen LogP contribution in [0.2, 0.25) is 0 Å². The Morgan fingerprint density at radius 1 is 1.42 bits per heavy atom. The van der Waals surface area contributed by atoms with E-state index in [-0.39, 0.29) is 0 Å². The molecule has 0 aromatic carbocycles. The number of nitrogens with two attached hydrogens (primary N) is 1. The Bertz CT molecular complexity index is 988. The molecule has 0 spiro atoms. The second kappa shape index (κ2) is 6.08. The van der Waals surface area contributed by atoms with Gasteiger partial charge in [0.05, 0.1) is 36.3 Å². The molecule has 0 radical (unpaired) electrons. The normalized spacial score (nSPS) is 15.6. The molecule has 2 amide bonds. The van der Waals surface area contributed by atoms with Crippen molar-refractivity contribution in [1.29, 1.82) is 0 Å². The van der Waals surface area contributed by atoms with Gasteiger partial charge in [-0.05, 0) is 18.2 Å². The minimum absolute atomic E-state index is 0.398. The van der Waals surface area contributed by atoms with Crippen LogP contribution in [0.4, 0.5) is 10.6 Å². The van der Waals surface area contributed by atoms with Crippen molar-refractivity contribution < 1.29 is 14.3 Å². The van der Waals surface area contributed by atoms with Gasteiger partial charge in [-0.25, -0.2) is 14.8 Å². The lowest BCUT2D eigenvalue weighted by Gasteiger charge is -2.39. The number of nitrogens with one attached hydrogen (secondary N) is 1. The van der Waals surface area contributed by atoms with Crippen LogP contribution in [0.3, 0.4) is 0 Å². The number of aromatic nitrogens is 3. The first-order valence-electron chi connectivity index (χ1n) is 8.15. The molecule has 1 aliphatic rings. The Labute approximate surface area is 149 Å². The van der Waals surface area contributed by atoms with E-state index in [4.69, 9.17) is 20.2 Å². The molecule has 8 heteroatoms. The fraction of sp³-hybridized carbons (Fsp3) is 0.278. The number of fused-ring (bicyclic) bond motifs is 1. The summed E-state index contributed by atoms with van der Waals surface area (Å²) in [7, 11) is 3.61. The van der Waals surface area contributed by atoms with Crippen molar-refractivity contribution in [3.8, 4) is 11.3 Å². The Morgan fingerprint density at radius 2 is 2.23 bits per heavy atom. The molecule has 26 heavy (non-hydrogen) atoms. The molecule has 3 aromatic heterocycles. The molecule has 8 nitrogen and oxygen atoms in total. The number of nitrogens with zero attached hydrogens (tertiary/aromatic N) is 3. The lowest BCUT2D eigenvalue weighted by atomic mass is 9.96. The monoisotopic (exact) mass is 353 g/mol. The lowest BCUT2D eigenvalue weighted by Crippen LogP contribution is -2.48. The van der Waals surface area contributed by atoms with Crippen molar-refractivity contribution in [2.24, 2.45) is 12.8 Å². The highest BCUT2D eigenvalue weighted by atomic mass is 16.6. The summed E-state index contributed by atoms with van der Waals surface area (Å²) in [4.78, 5) is 20.1. The summed E-state index contributed by atoms with van der Waals surface area (Å²) in [6.45, 7) is 0.984. The number of hydrogen-bond acceptors (Lipinski definition) is 5. The first-order valence-corrected chi connectivity index (χ1v) is 8.15. The van der Waals surface area contributed by atoms with Crippen molar-refractivity contribution in [1.82, 2.24) is 14.5 Å². The molecular weight excluding hydrogens is 334 g/mol. The first kappa shape index (κ1) is 16.5. The van der Waals surface area contributed by atoms with Gasteiger partial charge in [0.2, 0.25) is 0 Å². The Balaban J connectivity index is 1.82. The summed E-state index contributed by atoms with van der Waals surface area (Å²) in [6.07, 6.45) is 3.69. The van der Waals surface area contributed by atoms with Gasteiger partial charge in [-0.2, -0.15) is 0 Å². The number of rotatable bonds is 4. The number of hydrogen-bond donors (Lipinski definition) is 2. The summed E-state index contributed by atoms with van der Waals surface area (Å²) < 4.78 is 12.9. The van der Waals surface area contributed by atoms with E-state index in [1.165, 1.54) is 0 Å². The van der Waals surface area contributed by atoms with E-state index < -0.39 is 11.6 Å². The van der Waals surface area contributed by atoms with Crippen LogP contribution in [0.5, 0.6) is 0 Å². The minimum atomic E-state index is -0.651. The number of primary amides is 1. The number of ether oxygens (including phenoxy) is 2. The van der Waals surface area contributed by atoms with E-state index in [0.717, 1.165) is 27.9 Å². The quantitative estimate of drug-likeness (QED) is 0.746. The van der Waals surface area contributed by atoms with Crippen LogP contribution in [-0.4, -0.2) is 40.9 Å². The molecule has 0 unspecified atom stereocenters. The first-order chi connectivity index (χ1) is 12.5. The molecule has 1 fully saturated rings. The number of pyridine rings is 2. The lowest BCUT2D eigenvalue weighted by molar-refractivity contribution is -0.204. The number of amides is 2. The third kappa shape index (κ3) is 2.59. The van der Waals surface area contributed by atoms with Gasteiger partial charge >= 0.3 is 6.03 Å². The van der Waals surface area contributed by atoms with Gasteiger partial charge in [0, 0.05) is 31.3 Å². The smallest absolute Gasteiger partial charge is 0.317 e. The Kier molecular flexibility index (Phi) is 3.86. The molecule has 0 aliphatic carbocycles. The fourth-order valence-corrected chi connectivity index (χ4v) is 3.17. The van der Waals surface area contributed by atoms with Crippen LogP contribution in [-0.2, 0) is 22.1 Å². The predicted octanol–water partition coefficient (Wildman–Crippen LogP) is 2.00. The highest BCUT2D eigenvalue weighted by Gasteiger charge is 2.42. The molecule has 0 bridgehead atoms. The van der Waals surface area contributed by atoms with Crippen LogP contribution in [0.15, 0.2) is 36.7 Å². The molecular formula is C18H19N5O3. The molecule has 0 saturated carbocycles. The largest absolute Gasteiger partial charge is 0.374 e. The predicted molar refractivity (Wildman–Crippen MR) is 96.7 cm³/mol. The minimum Gasteiger partial charge on any atom is -0.374 e. The molecule has 4 heterocycles. The number of urea groups is 1.